The van der Waals surface area contributed by atoms with E-state index < -0.39 is 5.97 Å². The molecule has 43 heavy (non-hydrogen) atoms. The fourth-order valence-electron chi connectivity index (χ4n) is 5.73. The normalized spacial score (nSPS) is 12.4. The zero-order valence-electron chi connectivity index (χ0n) is 25.4. The molecule has 0 aliphatic carbocycles. The van der Waals surface area contributed by atoms with Gasteiger partial charge in [-0.25, -0.2) is 9.97 Å². The number of carboxylic acid groups (broad SMARTS) is 2. The Morgan fingerprint density at radius 3 is 1.93 bits per heavy atom. The van der Waals surface area contributed by atoms with Gasteiger partial charge in [0, 0.05) is 12.0 Å². The monoisotopic (exact) mass is 620 g/mol. The van der Waals surface area contributed by atoms with E-state index in [0.29, 0.717) is 6.42 Å². The number of rotatable bonds is 6. The van der Waals surface area contributed by atoms with Crippen molar-refractivity contribution in [3.05, 3.63) is 81.9 Å². The van der Waals surface area contributed by atoms with Gasteiger partial charge < -0.3 is 20.2 Å². The predicted octanol–water partition coefficient (Wildman–Crippen LogP) is 6.93. The molecule has 224 valence electrons. The molecule has 2 aliphatic heterocycles. The Bertz CT molecular complexity index is 1830. The Kier molecular flexibility index (Phi) is 10.7. The van der Waals surface area contributed by atoms with Crippen LogP contribution in [0.3, 0.4) is 0 Å². The molecule has 3 aromatic heterocycles. The number of carbonyl (C=O) groups is 2. The van der Waals surface area contributed by atoms with Crippen molar-refractivity contribution >= 4 is 56.8 Å². The maximum absolute atomic E-state index is 11.5. The average molecular weight is 621 g/mol. The van der Waals surface area contributed by atoms with E-state index in [2.05, 4.69) is 53.3 Å². The molecule has 0 spiro atoms. The molecule has 9 heteroatoms. The van der Waals surface area contributed by atoms with E-state index in [9.17, 15) is 9.90 Å². The van der Waals surface area contributed by atoms with Crippen molar-refractivity contribution in [1.82, 2.24) is 19.9 Å². The Morgan fingerprint density at radius 1 is 0.814 bits per heavy atom. The molecule has 2 aliphatic rings. The minimum Gasteiger partial charge on any atom is -0.657 e. The van der Waals surface area contributed by atoms with Crippen molar-refractivity contribution in [3.8, 4) is 0 Å². The van der Waals surface area contributed by atoms with Crippen molar-refractivity contribution in [2.45, 2.75) is 67.2 Å². The van der Waals surface area contributed by atoms with Crippen LogP contribution in [0.15, 0.2) is 36.9 Å². The molecule has 5 heterocycles. The summed E-state index contributed by atoms with van der Waals surface area (Å²) < 4.78 is 0. The van der Waals surface area contributed by atoms with Crippen LogP contribution in [0.25, 0.3) is 44.4 Å². The van der Waals surface area contributed by atoms with Gasteiger partial charge in [-0.3, -0.25) is 9.59 Å². The second-order valence-corrected chi connectivity index (χ2v) is 10.4. The minimum absolute atomic E-state index is 0. The molecule has 8 nitrogen and oxygen atoms in total. The van der Waals surface area contributed by atoms with Gasteiger partial charge in [-0.1, -0.05) is 67.0 Å². The van der Waals surface area contributed by atoms with Crippen LogP contribution in [0, 0.1) is 13.8 Å². The molecule has 0 atom stereocenters. The van der Waals surface area contributed by atoms with E-state index in [4.69, 9.17) is 29.8 Å². The number of nitrogens with zero attached hydrogens (tertiary/aromatic N) is 4. The molecule has 5 rings (SSSR count). The van der Waals surface area contributed by atoms with E-state index in [1.165, 1.54) is 5.56 Å². The minimum atomic E-state index is -0.823. The van der Waals surface area contributed by atoms with Crippen molar-refractivity contribution in [2.24, 2.45) is 0 Å². The molecule has 0 amide bonds. The van der Waals surface area contributed by atoms with Crippen molar-refractivity contribution in [2.75, 3.05) is 0 Å². The second-order valence-electron chi connectivity index (χ2n) is 10.4. The molecule has 3 aromatic rings. The molecule has 0 fully saturated rings. The summed E-state index contributed by atoms with van der Waals surface area (Å²) in [5.41, 5.74) is 15.4. The summed E-state index contributed by atoms with van der Waals surface area (Å²) in [4.78, 5) is 39.9. The zero-order chi connectivity index (χ0) is 30.7. The SMILES string of the molecule is C=CC1=C(C)c2cc3nc(cc4[n-]c(cc5[n-]c(cc1n2)c(C)c5CC)c(C)c4CCC(=O)O)C(CC)=C3C.O=CO.[Fe+2]. The summed E-state index contributed by atoms with van der Waals surface area (Å²) in [5, 5.41) is 16.3. The van der Waals surface area contributed by atoms with Gasteiger partial charge in [0.2, 0.25) is 0 Å². The van der Waals surface area contributed by atoms with Gasteiger partial charge >= 0.3 is 23.0 Å². The topological polar surface area (TPSA) is 129 Å². The van der Waals surface area contributed by atoms with Gasteiger partial charge in [0.15, 0.2) is 0 Å². The first-order valence-electron chi connectivity index (χ1n) is 14.0. The summed E-state index contributed by atoms with van der Waals surface area (Å²) in [6.07, 6.45) is 3.98. The molecule has 0 unspecified atom stereocenters. The van der Waals surface area contributed by atoms with Crippen LogP contribution >= 0.6 is 0 Å². The number of aryl methyl sites for hydroxylation is 4. The molecule has 0 aromatic carbocycles. The standard InChI is InChI=1S/C33H35N4O2.CH2O2.Fe/c1-8-21-17(4)25-13-26-18(5)23(10-3)31(35-26)16-32-24(11-12-33(38)39)20(7)28(37-32)15-30-22(9-2)19(6)27(36-30)14-29(21)34-25;2-1-3;/h8,13-16H,1,9-12H2,2-7H3,(H2-,34,35,36,37,38,39);1H,(H,2,3);/q-1;;+2/p-1. The molecule has 0 radical (unpaired) electrons. The molecule has 2 N–H and O–H groups in total. The third-order valence-corrected chi connectivity index (χ3v) is 8.06. The Balaban J connectivity index is 0.00000121. The molecule has 0 saturated heterocycles. The van der Waals surface area contributed by atoms with Gasteiger partial charge in [0.25, 0.3) is 6.47 Å². The van der Waals surface area contributed by atoms with Crippen LogP contribution in [-0.2, 0) is 39.5 Å². The number of fused-ring (bicyclic) bond motifs is 8. The van der Waals surface area contributed by atoms with Crippen LogP contribution in [0.2, 0.25) is 0 Å². The maximum Gasteiger partial charge on any atom is 2.00 e. The second kappa shape index (κ2) is 13.8. The smallest absolute Gasteiger partial charge is 0.657 e. The zero-order valence-corrected chi connectivity index (χ0v) is 26.5. The van der Waals surface area contributed by atoms with Gasteiger partial charge in [-0.05, 0) is 69.7 Å². The summed E-state index contributed by atoms with van der Waals surface area (Å²) >= 11 is 0. The van der Waals surface area contributed by atoms with Crippen molar-refractivity contribution in [1.29, 1.82) is 0 Å². The first kappa shape index (κ1) is 33.3. The van der Waals surface area contributed by atoms with Crippen molar-refractivity contribution in [3.63, 3.8) is 0 Å². The third-order valence-electron chi connectivity index (χ3n) is 8.06. The quantitative estimate of drug-likeness (QED) is 0.224. The summed E-state index contributed by atoms with van der Waals surface area (Å²) in [7, 11) is 0. The van der Waals surface area contributed by atoms with E-state index in [0.717, 1.165) is 96.7 Å². The number of aromatic nitrogens is 4. The Hall–Kier alpha value is -4.20. The molecular formula is C34H36FeN4O4. The van der Waals surface area contributed by atoms with Crippen molar-refractivity contribution < 1.29 is 36.9 Å². The largest absolute Gasteiger partial charge is 2.00 e. The van der Waals surface area contributed by atoms with E-state index in [1.807, 2.05) is 25.1 Å². The molecule has 8 bridgehead atoms. The van der Waals surface area contributed by atoms with Crippen LogP contribution < -0.4 is 9.97 Å². The number of allylic oxidation sites excluding steroid dienone is 5. The first-order chi connectivity index (χ1) is 20.1. The molecular weight excluding hydrogens is 584 g/mol. The van der Waals surface area contributed by atoms with E-state index in [-0.39, 0.29) is 30.0 Å². The number of hydrogen-bond donors (Lipinski definition) is 2. The fourth-order valence-corrected chi connectivity index (χ4v) is 5.73. The molecule has 0 saturated carbocycles. The third kappa shape index (κ3) is 6.43. The van der Waals surface area contributed by atoms with Gasteiger partial charge in [0.05, 0.1) is 22.8 Å². The van der Waals surface area contributed by atoms with Crippen LogP contribution in [-0.4, -0.2) is 32.6 Å². The van der Waals surface area contributed by atoms with Crippen LogP contribution in [0.1, 0.15) is 85.6 Å². The average Bonchev–Trinajstić information content (AvgIpc) is 3.60. The van der Waals surface area contributed by atoms with Crippen LogP contribution in [0.5, 0.6) is 0 Å². The maximum atomic E-state index is 11.5. The number of hydrogen-bond acceptors (Lipinski definition) is 4. The number of aliphatic carboxylic acids is 1. The summed E-state index contributed by atoms with van der Waals surface area (Å²) in [6, 6.07) is 8.17. The summed E-state index contributed by atoms with van der Waals surface area (Å²) in [6.45, 7) is 16.4. The fraction of sp³-hybridized carbons (Fsp3) is 0.294. The van der Waals surface area contributed by atoms with Gasteiger partial charge in [-0.2, -0.15) is 0 Å². The van der Waals surface area contributed by atoms with E-state index in [1.54, 1.807) is 0 Å². The Labute approximate surface area is 262 Å². The van der Waals surface area contributed by atoms with Crippen LogP contribution in [0.4, 0.5) is 0 Å². The first-order valence-corrected chi connectivity index (χ1v) is 14.0. The Morgan fingerprint density at radius 2 is 1.35 bits per heavy atom. The number of carboxylic acids is 1. The van der Waals surface area contributed by atoms with Gasteiger partial charge in [0.1, 0.15) is 0 Å². The predicted molar refractivity (Wildman–Crippen MR) is 168 cm³/mol. The summed E-state index contributed by atoms with van der Waals surface area (Å²) in [5.74, 6) is -0.823. The van der Waals surface area contributed by atoms with Gasteiger partial charge in [-0.15, -0.1) is 22.1 Å². The van der Waals surface area contributed by atoms with E-state index >= 15 is 0 Å².